The number of anilines is 3. The molecule has 2 aliphatic heterocycles. The molecule has 0 saturated carbocycles. The molecule has 2 saturated heterocycles. The smallest absolute Gasteiger partial charge is 0.229 e. The highest BCUT2D eigenvalue weighted by molar-refractivity contribution is 6.03. The summed E-state index contributed by atoms with van der Waals surface area (Å²) in [6, 6.07) is 15.2. The predicted molar refractivity (Wildman–Crippen MR) is 116 cm³/mol. The largest absolute Gasteiger partial charge is 0.494 e. The summed E-state index contributed by atoms with van der Waals surface area (Å²) in [7, 11) is 0. The summed E-state index contributed by atoms with van der Waals surface area (Å²) in [6.45, 7) is 6.12. The zero-order valence-electron chi connectivity index (χ0n) is 17.2. The van der Waals surface area contributed by atoms with Gasteiger partial charge in [-0.2, -0.15) is 0 Å². The van der Waals surface area contributed by atoms with E-state index < -0.39 is 0 Å². The van der Waals surface area contributed by atoms with Crippen molar-refractivity contribution in [3.8, 4) is 5.75 Å². The van der Waals surface area contributed by atoms with E-state index in [0.717, 1.165) is 49.1 Å². The van der Waals surface area contributed by atoms with E-state index in [1.165, 1.54) is 0 Å². The zero-order valence-corrected chi connectivity index (χ0v) is 17.2. The predicted octanol–water partition coefficient (Wildman–Crippen LogP) is 2.91. The first-order valence-electron chi connectivity index (χ1n) is 10.4. The Morgan fingerprint density at radius 3 is 2.40 bits per heavy atom. The van der Waals surface area contributed by atoms with Gasteiger partial charge in [0.2, 0.25) is 11.8 Å². The number of hydrogen-bond acceptors (Lipinski definition) is 5. The summed E-state index contributed by atoms with van der Waals surface area (Å²) in [6.07, 6.45) is 0.213. The monoisotopic (exact) mass is 409 g/mol. The molecule has 30 heavy (non-hydrogen) atoms. The fraction of sp³-hybridized carbons (Fsp3) is 0.391. The fourth-order valence-electron chi connectivity index (χ4n) is 3.84. The van der Waals surface area contributed by atoms with Crippen molar-refractivity contribution in [2.24, 2.45) is 5.92 Å². The molecule has 2 aliphatic rings. The van der Waals surface area contributed by atoms with Gasteiger partial charge in [0.1, 0.15) is 5.75 Å². The minimum atomic E-state index is -0.372. The number of amides is 2. The van der Waals surface area contributed by atoms with E-state index in [0.29, 0.717) is 13.2 Å². The number of morpholine rings is 1. The molecule has 0 aromatic heterocycles. The van der Waals surface area contributed by atoms with E-state index in [4.69, 9.17) is 9.47 Å². The van der Waals surface area contributed by atoms with Crippen LogP contribution in [0.25, 0.3) is 0 Å². The van der Waals surface area contributed by atoms with Crippen LogP contribution < -0.4 is 19.9 Å². The van der Waals surface area contributed by atoms with Gasteiger partial charge in [-0.15, -0.1) is 0 Å². The first-order valence-corrected chi connectivity index (χ1v) is 10.4. The molecule has 0 spiro atoms. The molecule has 2 aromatic rings. The molecule has 2 aromatic carbocycles. The lowest BCUT2D eigenvalue weighted by Gasteiger charge is -2.28. The molecule has 4 rings (SSSR count). The van der Waals surface area contributed by atoms with Gasteiger partial charge in [-0.1, -0.05) is 0 Å². The van der Waals surface area contributed by atoms with Crippen molar-refractivity contribution >= 4 is 28.9 Å². The van der Waals surface area contributed by atoms with E-state index in [2.05, 4.69) is 10.2 Å². The van der Waals surface area contributed by atoms with Crippen LogP contribution in [0.4, 0.5) is 17.1 Å². The van der Waals surface area contributed by atoms with Crippen LogP contribution in [0.2, 0.25) is 0 Å². The molecule has 7 heteroatoms. The Bertz CT molecular complexity index is 876. The normalized spacial score (nSPS) is 19.1. The Hall–Kier alpha value is -3.06. The maximum atomic E-state index is 12.7. The maximum Gasteiger partial charge on any atom is 0.229 e. The van der Waals surface area contributed by atoms with Crippen molar-refractivity contribution in [1.29, 1.82) is 0 Å². The molecular weight excluding hydrogens is 382 g/mol. The number of benzene rings is 2. The zero-order chi connectivity index (χ0) is 20.9. The van der Waals surface area contributed by atoms with Crippen LogP contribution in [0.3, 0.4) is 0 Å². The van der Waals surface area contributed by atoms with Gasteiger partial charge in [-0.3, -0.25) is 9.59 Å². The van der Waals surface area contributed by atoms with Gasteiger partial charge in [-0.25, -0.2) is 0 Å². The van der Waals surface area contributed by atoms with Crippen molar-refractivity contribution < 1.29 is 19.1 Å². The van der Waals surface area contributed by atoms with Crippen LogP contribution in [0.15, 0.2) is 48.5 Å². The van der Waals surface area contributed by atoms with E-state index >= 15 is 0 Å². The van der Waals surface area contributed by atoms with Crippen LogP contribution >= 0.6 is 0 Å². The topological polar surface area (TPSA) is 71.1 Å². The van der Waals surface area contributed by atoms with E-state index in [1.807, 2.05) is 55.5 Å². The van der Waals surface area contributed by atoms with Crippen LogP contribution in [0.5, 0.6) is 5.75 Å². The number of carbonyl (C=O) groups excluding carboxylic acids is 2. The molecule has 1 N–H and O–H groups in total. The average Bonchev–Trinajstić information content (AvgIpc) is 3.17. The molecule has 2 amide bonds. The van der Waals surface area contributed by atoms with Crippen molar-refractivity contribution in [2.45, 2.75) is 13.3 Å². The molecule has 0 bridgehead atoms. The second-order valence-corrected chi connectivity index (χ2v) is 7.47. The molecule has 2 fully saturated rings. The van der Waals surface area contributed by atoms with Gasteiger partial charge in [0.25, 0.3) is 0 Å². The lowest BCUT2D eigenvalue weighted by molar-refractivity contribution is -0.122. The number of rotatable bonds is 6. The highest BCUT2D eigenvalue weighted by atomic mass is 16.5. The Balaban J connectivity index is 1.35. The van der Waals surface area contributed by atoms with Crippen molar-refractivity contribution in [3.05, 3.63) is 48.5 Å². The van der Waals surface area contributed by atoms with Gasteiger partial charge in [0.05, 0.1) is 25.7 Å². The Morgan fingerprint density at radius 2 is 1.73 bits per heavy atom. The second-order valence-electron chi connectivity index (χ2n) is 7.47. The maximum absolute atomic E-state index is 12.7. The van der Waals surface area contributed by atoms with E-state index in [-0.39, 0.29) is 24.2 Å². The second kappa shape index (κ2) is 9.17. The summed E-state index contributed by atoms with van der Waals surface area (Å²) in [5.74, 6) is 0.226. The molecule has 1 atom stereocenters. The number of nitrogens with zero attached hydrogens (tertiary/aromatic N) is 2. The van der Waals surface area contributed by atoms with Gasteiger partial charge in [-0.05, 0) is 55.5 Å². The quantitative estimate of drug-likeness (QED) is 0.794. The average molecular weight is 409 g/mol. The van der Waals surface area contributed by atoms with Crippen molar-refractivity contribution in [2.75, 3.05) is 54.6 Å². The number of nitrogens with one attached hydrogen (secondary N) is 1. The highest BCUT2D eigenvalue weighted by Crippen LogP contribution is 2.28. The van der Waals surface area contributed by atoms with Crippen LogP contribution in [-0.4, -0.2) is 51.3 Å². The summed E-state index contributed by atoms with van der Waals surface area (Å²) >= 11 is 0. The van der Waals surface area contributed by atoms with Gasteiger partial charge >= 0.3 is 0 Å². The summed E-state index contributed by atoms with van der Waals surface area (Å²) in [5.41, 5.74) is 2.65. The molecule has 0 unspecified atom stereocenters. The third kappa shape index (κ3) is 4.57. The molecule has 2 heterocycles. The summed E-state index contributed by atoms with van der Waals surface area (Å²) in [4.78, 5) is 29.1. The summed E-state index contributed by atoms with van der Waals surface area (Å²) < 4.78 is 10.8. The lowest BCUT2D eigenvalue weighted by atomic mass is 10.1. The van der Waals surface area contributed by atoms with E-state index in [1.54, 1.807) is 4.90 Å². The third-order valence-electron chi connectivity index (χ3n) is 5.47. The molecule has 158 valence electrons. The molecular formula is C23H27N3O4. The molecule has 7 nitrogen and oxygen atoms in total. The number of hydrogen-bond donors (Lipinski definition) is 1. The highest BCUT2D eigenvalue weighted by Gasteiger charge is 2.35. The van der Waals surface area contributed by atoms with Crippen molar-refractivity contribution in [3.63, 3.8) is 0 Å². The first kappa shape index (κ1) is 20.2. The lowest BCUT2D eigenvalue weighted by Crippen LogP contribution is -2.36. The standard InChI is InChI=1S/C23H27N3O4/c1-2-30-21-9-7-20(8-10-21)26-16-17(15-22(26)27)23(28)24-18-3-5-19(6-4-18)25-11-13-29-14-12-25/h3-10,17H,2,11-16H2,1H3,(H,24,28)/t17-/m1/s1. The molecule has 0 radical (unpaired) electrons. The van der Waals surface area contributed by atoms with Crippen LogP contribution in [0.1, 0.15) is 13.3 Å². The van der Waals surface area contributed by atoms with Crippen LogP contribution in [0, 0.1) is 5.92 Å². The minimum absolute atomic E-state index is 0.0398. The third-order valence-corrected chi connectivity index (χ3v) is 5.47. The van der Waals surface area contributed by atoms with Gasteiger partial charge in [0, 0.05) is 43.1 Å². The van der Waals surface area contributed by atoms with Crippen LogP contribution in [-0.2, 0) is 14.3 Å². The van der Waals surface area contributed by atoms with Gasteiger partial charge < -0.3 is 24.6 Å². The SMILES string of the molecule is CCOc1ccc(N2C[C@H](C(=O)Nc3ccc(N4CCOCC4)cc3)CC2=O)cc1. The Labute approximate surface area is 176 Å². The Kier molecular flexibility index (Phi) is 6.18. The molecule has 0 aliphatic carbocycles. The van der Waals surface area contributed by atoms with Crippen molar-refractivity contribution in [1.82, 2.24) is 0 Å². The number of carbonyl (C=O) groups is 2. The minimum Gasteiger partial charge on any atom is -0.494 e. The van der Waals surface area contributed by atoms with E-state index in [9.17, 15) is 9.59 Å². The Morgan fingerprint density at radius 1 is 1.07 bits per heavy atom. The first-order chi connectivity index (χ1) is 14.6. The summed E-state index contributed by atoms with van der Waals surface area (Å²) in [5, 5.41) is 2.95. The fourth-order valence-corrected chi connectivity index (χ4v) is 3.84. The number of ether oxygens (including phenoxy) is 2. The van der Waals surface area contributed by atoms with Gasteiger partial charge in [0.15, 0.2) is 0 Å².